The summed E-state index contributed by atoms with van der Waals surface area (Å²) < 4.78 is 0. The Hall–Kier alpha value is -1.10. The van der Waals surface area contributed by atoms with Crippen molar-refractivity contribution in [2.45, 2.75) is 39.7 Å². The van der Waals surface area contributed by atoms with E-state index >= 15 is 0 Å². The van der Waals surface area contributed by atoms with Crippen LogP contribution in [-0.4, -0.2) is 48.6 Å². The highest BCUT2D eigenvalue weighted by molar-refractivity contribution is 5.84. The van der Waals surface area contributed by atoms with E-state index in [0.717, 1.165) is 13.0 Å². The molecule has 2 N–H and O–H groups in total. The van der Waals surface area contributed by atoms with Gasteiger partial charge in [0.15, 0.2) is 0 Å². The first kappa shape index (κ1) is 15.9. The molecule has 1 amide bonds. The van der Waals surface area contributed by atoms with Crippen LogP contribution in [0.15, 0.2) is 0 Å². The topological polar surface area (TPSA) is 69.6 Å². The van der Waals surface area contributed by atoms with Crippen molar-refractivity contribution < 1.29 is 14.7 Å². The molecule has 1 atom stereocenters. The molecule has 0 spiro atoms. The zero-order valence-corrected chi connectivity index (χ0v) is 11.4. The van der Waals surface area contributed by atoms with Gasteiger partial charge in [0.25, 0.3) is 0 Å². The lowest BCUT2D eigenvalue weighted by molar-refractivity contribution is -0.149. The van der Waals surface area contributed by atoms with Crippen LogP contribution in [0.25, 0.3) is 0 Å². The van der Waals surface area contributed by atoms with Crippen LogP contribution in [0.3, 0.4) is 0 Å². The van der Waals surface area contributed by atoms with Gasteiger partial charge >= 0.3 is 5.97 Å². The molecule has 0 aliphatic heterocycles. The number of rotatable bonds is 7. The molecule has 0 rings (SSSR count). The lowest BCUT2D eigenvalue weighted by Gasteiger charge is -2.21. The quantitative estimate of drug-likeness (QED) is 0.699. The standard InChI is InChI=1S/C12H24N2O3/c1-9(6-7-14(4)5)13-10(15)8-12(2,3)11(16)17/h9H,6-8H2,1-5H3,(H,13,15)(H,16,17). The Kier molecular flexibility index (Phi) is 6.16. The average Bonchev–Trinajstić information content (AvgIpc) is 2.13. The van der Waals surface area contributed by atoms with Gasteiger partial charge in [0.05, 0.1) is 5.41 Å². The first-order valence-corrected chi connectivity index (χ1v) is 5.82. The molecule has 0 aromatic heterocycles. The van der Waals surface area contributed by atoms with Gasteiger partial charge < -0.3 is 15.3 Å². The highest BCUT2D eigenvalue weighted by Crippen LogP contribution is 2.20. The van der Waals surface area contributed by atoms with Crippen molar-refractivity contribution in [3.63, 3.8) is 0 Å². The van der Waals surface area contributed by atoms with Crippen LogP contribution in [0, 0.1) is 5.41 Å². The van der Waals surface area contributed by atoms with Crippen molar-refractivity contribution in [1.82, 2.24) is 10.2 Å². The van der Waals surface area contributed by atoms with Crippen LogP contribution in [0.2, 0.25) is 0 Å². The molecule has 0 saturated carbocycles. The van der Waals surface area contributed by atoms with Gasteiger partial charge in [0, 0.05) is 12.5 Å². The number of aliphatic carboxylic acids is 1. The van der Waals surface area contributed by atoms with Crippen molar-refractivity contribution in [3.05, 3.63) is 0 Å². The van der Waals surface area contributed by atoms with E-state index in [4.69, 9.17) is 5.11 Å². The second-order valence-electron chi connectivity index (χ2n) is 5.43. The number of carbonyl (C=O) groups excluding carboxylic acids is 1. The van der Waals surface area contributed by atoms with Gasteiger partial charge in [-0.3, -0.25) is 9.59 Å². The number of nitrogens with one attached hydrogen (secondary N) is 1. The zero-order valence-electron chi connectivity index (χ0n) is 11.4. The summed E-state index contributed by atoms with van der Waals surface area (Å²) in [4.78, 5) is 24.5. The summed E-state index contributed by atoms with van der Waals surface area (Å²) in [5.41, 5.74) is -1.01. The summed E-state index contributed by atoms with van der Waals surface area (Å²) >= 11 is 0. The Morgan fingerprint density at radius 1 is 1.35 bits per heavy atom. The van der Waals surface area contributed by atoms with E-state index in [2.05, 4.69) is 5.32 Å². The minimum atomic E-state index is -1.01. The predicted molar refractivity (Wildman–Crippen MR) is 66.8 cm³/mol. The van der Waals surface area contributed by atoms with Crippen molar-refractivity contribution in [2.75, 3.05) is 20.6 Å². The minimum absolute atomic E-state index is 0.00857. The third-order valence-corrected chi connectivity index (χ3v) is 2.60. The van der Waals surface area contributed by atoms with Gasteiger partial charge in [-0.1, -0.05) is 0 Å². The lowest BCUT2D eigenvalue weighted by atomic mass is 9.89. The number of carboxylic acid groups (broad SMARTS) is 1. The van der Waals surface area contributed by atoms with Crippen molar-refractivity contribution in [1.29, 1.82) is 0 Å². The lowest BCUT2D eigenvalue weighted by Crippen LogP contribution is -2.38. The molecule has 100 valence electrons. The third kappa shape index (κ3) is 6.94. The van der Waals surface area contributed by atoms with E-state index in [1.807, 2.05) is 25.9 Å². The van der Waals surface area contributed by atoms with Crippen LogP contribution in [0.5, 0.6) is 0 Å². The van der Waals surface area contributed by atoms with E-state index in [9.17, 15) is 9.59 Å². The first-order chi connectivity index (χ1) is 7.65. The molecule has 0 radical (unpaired) electrons. The summed E-state index contributed by atoms with van der Waals surface area (Å²) in [6, 6.07) is 0.0643. The van der Waals surface area contributed by atoms with Gasteiger partial charge in [-0.2, -0.15) is 0 Å². The molecule has 5 nitrogen and oxygen atoms in total. The number of hydrogen-bond acceptors (Lipinski definition) is 3. The van der Waals surface area contributed by atoms with Crippen LogP contribution in [0.4, 0.5) is 0 Å². The normalized spacial score (nSPS) is 13.5. The summed E-state index contributed by atoms with van der Waals surface area (Å²) in [7, 11) is 3.95. The van der Waals surface area contributed by atoms with Gasteiger partial charge in [-0.05, 0) is 47.8 Å². The van der Waals surface area contributed by atoms with Gasteiger partial charge in [-0.15, -0.1) is 0 Å². The van der Waals surface area contributed by atoms with E-state index < -0.39 is 11.4 Å². The summed E-state index contributed by atoms with van der Waals surface area (Å²) in [6.07, 6.45) is 0.862. The van der Waals surface area contributed by atoms with Crippen molar-refractivity contribution in [3.8, 4) is 0 Å². The van der Waals surface area contributed by atoms with E-state index in [0.29, 0.717) is 0 Å². The summed E-state index contributed by atoms with van der Waals surface area (Å²) in [5.74, 6) is -1.16. The molecule has 0 heterocycles. The fraction of sp³-hybridized carbons (Fsp3) is 0.833. The molecule has 5 heteroatoms. The highest BCUT2D eigenvalue weighted by atomic mass is 16.4. The Morgan fingerprint density at radius 3 is 2.29 bits per heavy atom. The van der Waals surface area contributed by atoms with Crippen molar-refractivity contribution in [2.24, 2.45) is 5.41 Å². The van der Waals surface area contributed by atoms with Crippen molar-refractivity contribution >= 4 is 11.9 Å². The monoisotopic (exact) mass is 244 g/mol. The minimum Gasteiger partial charge on any atom is -0.481 e. The number of hydrogen-bond donors (Lipinski definition) is 2. The first-order valence-electron chi connectivity index (χ1n) is 5.82. The number of amides is 1. The predicted octanol–water partition coefficient (Wildman–Crippen LogP) is 0.944. The van der Waals surface area contributed by atoms with Gasteiger partial charge in [0.1, 0.15) is 0 Å². The SMILES string of the molecule is CC(CCN(C)C)NC(=O)CC(C)(C)C(=O)O. The molecular weight excluding hydrogens is 220 g/mol. The second-order valence-corrected chi connectivity index (χ2v) is 5.43. The van der Waals surface area contributed by atoms with Crippen LogP contribution >= 0.6 is 0 Å². The smallest absolute Gasteiger partial charge is 0.309 e. The van der Waals surface area contributed by atoms with Crippen LogP contribution < -0.4 is 5.32 Å². The summed E-state index contributed by atoms with van der Waals surface area (Å²) in [5, 5.41) is 11.7. The molecule has 17 heavy (non-hydrogen) atoms. The fourth-order valence-electron chi connectivity index (χ4n) is 1.33. The molecule has 0 aromatic carbocycles. The average molecular weight is 244 g/mol. The maximum Gasteiger partial charge on any atom is 0.309 e. The van der Waals surface area contributed by atoms with Crippen LogP contribution in [-0.2, 0) is 9.59 Å². The molecule has 0 fully saturated rings. The zero-order chi connectivity index (χ0) is 13.6. The number of carboxylic acids is 1. The summed E-state index contributed by atoms with van der Waals surface area (Å²) in [6.45, 7) is 5.93. The maximum absolute atomic E-state index is 11.6. The molecule has 0 aromatic rings. The molecule has 0 aliphatic carbocycles. The fourth-order valence-corrected chi connectivity index (χ4v) is 1.33. The Balaban J connectivity index is 4.06. The third-order valence-electron chi connectivity index (χ3n) is 2.60. The molecule has 0 saturated heterocycles. The molecular formula is C12H24N2O3. The number of nitrogens with zero attached hydrogens (tertiary/aromatic N) is 1. The highest BCUT2D eigenvalue weighted by Gasteiger charge is 2.30. The largest absolute Gasteiger partial charge is 0.481 e. The van der Waals surface area contributed by atoms with E-state index in [-0.39, 0.29) is 18.4 Å². The molecule has 1 unspecified atom stereocenters. The van der Waals surface area contributed by atoms with Gasteiger partial charge in [-0.25, -0.2) is 0 Å². The van der Waals surface area contributed by atoms with Crippen LogP contribution in [0.1, 0.15) is 33.6 Å². The molecule has 0 bridgehead atoms. The number of carbonyl (C=O) groups is 2. The maximum atomic E-state index is 11.6. The Labute approximate surface area is 103 Å². The Bertz CT molecular complexity index is 275. The second kappa shape index (κ2) is 6.59. The van der Waals surface area contributed by atoms with E-state index in [1.165, 1.54) is 0 Å². The molecule has 0 aliphatic rings. The van der Waals surface area contributed by atoms with Gasteiger partial charge in [0.2, 0.25) is 5.91 Å². The van der Waals surface area contributed by atoms with E-state index in [1.54, 1.807) is 13.8 Å². The Morgan fingerprint density at radius 2 is 1.88 bits per heavy atom.